The van der Waals surface area contributed by atoms with Gasteiger partial charge in [0.2, 0.25) is 11.8 Å². The van der Waals surface area contributed by atoms with Crippen molar-refractivity contribution in [3.8, 4) is 0 Å². The molecule has 2 fully saturated rings. The monoisotopic (exact) mass is 343 g/mol. The van der Waals surface area contributed by atoms with Crippen LogP contribution in [0.5, 0.6) is 0 Å². The fourth-order valence-electron chi connectivity index (χ4n) is 4.33. The number of amides is 2. The quantitative estimate of drug-likeness (QED) is 0.833. The van der Waals surface area contributed by atoms with Gasteiger partial charge in [0.05, 0.1) is 18.6 Å². The molecule has 1 saturated carbocycles. The number of rotatable bonds is 6. The molecule has 0 bridgehead atoms. The fourth-order valence-corrected chi connectivity index (χ4v) is 4.33. The molecule has 0 radical (unpaired) electrons. The Balaban J connectivity index is 1.66. The van der Waals surface area contributed by atoms with E-state index in [0.29, 0.717) is 5.92 Å². The standard InChI is InChI=1S/C20H29N3O2/c21-20(25)17-12-6-7-13-23(17)14-18(24)22-19(16-10-4-5-11-16)15-8-2-1-3-9-15/h1-3,8-9,16-17,19H,4-7,10-14H2,(H2,21,25)(H,22,24). The molecule has 3 rings (SSSR count). The number of primary amides is 1. The van der Waals surface area contributed by atoms with E-state index in [9.17, 15) is 9.59 Å². The van der Waals surface area contributed by atoms with E-state index in [0.717, 1.165) is 38.6 Å². The first-order chi connectivity index (χ1) is 12.1. The van der Waals surface area contributed by atoms with Crippen molar-refractivity contribution < 1.29 is 9.59 Å². The Labute approximate surface area is 150 Å². The Morgan fingerprint density at radius 1 is 1.08 bits per heavy atom. The first kappa shape index (κ1) is 17.9. The molecule has 5 nitrogen and oxygen atoms in total. The minimum absolute atomic E-state index is 0.00565. The number of hydrogen-bond donors (Lipinski definition) is 2. The highest BCUT2D eigenvalue weighted by Gasteiger charge is 2.31. The van der Waals surface area contributed by atoms with E-state index in [4.69, 9.17) is 5.73 Å². The average Bonchev–Trinajstić information content (AvgIpc) is 3.15. The topological polar surface area (TPSA) is 75.4 Å². The number of nitrogens with two attached hydrogens (primary N) is 1. The van der Waals surface area contributed by atoms with Crippen LogP contribution in [0.2, 0.25) is 0 Å². The van der Waals surface area contributed by atoms with Crippen LogP contribution in [0.3, 0.4) is 0 Å². The van der Waals surface area contributed by atoms with E-state index in [1.807, 2.05) is 23.1 Å². The molecule has 1 aromatic carbocycles. The summed E-state index contributed by atoms with van der Waals surface area (Å²) in [5.74, 6) is 0.177. The summed E-state index contributed by atoms with van der Waals surface area (Å²) in [5, 5.41) is 3.25. The van der Waals surface area contributed by atoms with Gasteiger partial charge < -0.3 is 11.1 Å². The summed E-state index contributed by atoms with van der Waals surface area (Å²) in [6.45, 7) is 1.02. The highest BCUT2D eigenvalue weighted by atomic mass is 16.2. The van der Waals surface area contributed by atoms with E-state index in [1.54, 1.807) is 0 Å². The maximum absolute atomic E-state index is 12.7. The lowest BCUT2D eigenvalue weighted by atomic mass is 9.91. The van der Waals surface area contributed by atoms with Crippen LogP contribution in [-0.2, 0) is 9.59 Å². The summed E-state index contributed by atoms with van der Waals surface area (Å²) in [4.78, 5) is 26.3. The number of hydrogen-bond acceptors (Lipinski definition) is 3. The van der Waals surface area contributed by atoms with Gasteiger partial charge in [-0.3, -0.25) is 14.5 Å². The van der Waals surface area contributed by atoms with Gasteiger partial charge in [0.1, 0.15) is 0 Å². The average molecular weight is 343 g/mol. The van der Waals surface area contributed by atoms with Crippen molar-refractivity contribution in [2.75, 3.05) is 13.1 Å². The first-order valence-corrected chi connectivity index (χ1v) is 9.53. The van der Waals surface area contributed by atoms with E-state index in [-0.39, 0.29) is 30.4 Å². The molecule has 2 unspecified atom stereocenters. The molecule has 3 N–H and O–H groups in total. The molecule has 5 heteroatoms. The molecule has 2 aliphatic rings. The van der Waals surface area contributed by atoms with Crippen LogP contribution in [0.4, 0.5) is 0 Å². The van der Waals surface area contributed by atoms with Gasteiger partial charge in [0, 0.05) is 0 Å². The zero-order chi connectivity index (χ0) is 17.6. The second-order valence-electron chi connectivity index (χ2n) is 7.38. The highest BCUT2D eigenvalue weighted by Crippen LogP contribution is 2.35. The minimum Gasteiger partial charge on any atom is -0.368 e. The predicted octanol–water partition coefficient (Wildman–Crippen LogP) is 2.37. The normalized spacial score (nSPS) is 23.3. The lowest BCUT2D eigenvalue weighted by Crippen LogP contribution is -2.51. The molecule has 1 aliphatic heterocycles. The summed E-state index contributed by atoms with van der Waals surface area (Å²) >= 11 is 0. The van der Waals surface area contributed by atoms with Crippen molar-refractivity contribution in [3.05, 3.63) is 35.9 Å². The molecule has 1 aromatic rings. The fraction of sp³-hybridized carbons (Fsp3) is 0.600. The summed E-state index contributed by atoms with van der Waals surface area (Å²) in [6.07, 6.45) is 7.57. The number of carbonyl (C=O) groups is 2. The van der Waals surface area contributed by atoms with Crippen LogP contribution in [-0.4, -0.2) is 35.8 Å². The van der Waals surface area contributed by atoms with E-state index >= 15 is 0 Å². The number of likely N-dealkylation sites (tertiary alicyclic amines) is 1. The van der Waals surface area contributed by atoms with Gasteiger partial charge >= 0.3 is 0 Å². The van der Waals surface area contributed by atoms with Crippen LogP contribution in [0.15, 0.2) is 30.3 Å². The second kappa shape index (κ2) is 8.48. The van der Waals surface area contributed by atoms with E-state index in [1.165, 1.54) is 18.4 Å². The molecule has 0 spiro atoms. The molecule has 2 amide bonds. The predicted molar refractivity (Wildman–Crippen MR) is 97.7 cm³/mol. The van der Waals surface area contributed by atoms with Gasteiger partial charge in [-0.05, 0) is 43.7 Å². The van der Waals surface area contributed by atoms with Crippen molar-refractivity contribution >= 4 is 11.8 Å². The molecule has 25 heavy (non-hydrogen) atoms. The zero-order valence-electron chi connectivity index (χ0n) is 14.8. The van der Waals surface area contributed by atoms with Gasteiger partial charge in [0.15, 0.2) is 0 Å². The molecule has 1 heterocycles. The Hall–Kier alpha value is -1.88. The number of nitrogens with zero attached hydrogens (tertiary/aromatic N) is 1. The third-order valence-corrected chi connectivity index (χ3v) is 5.64. The molecule has 0 aromatic heterocycles. The van der Waals surface area contributed by atoms with Gasteiger partial charge in [-0.2, -0.15) is 0 Å². The van der Waals surface area contributed by atoms with Crippen LogP contribution in [0.25, 0.3) is 0 Å². The molecule has 2 atom stereocenters. The number of carbonyl (C=O) groups excluding carboxylic acids is 2. The summed E-state index contributed by atoms with van der Waals surface area (Å²) in [7, 11) is 0. The zero-order valence-corrected chi connectivity index (χ0v) is 14.8. The minimum atomic E-state index is -0.317. The van der Waals surface area contributed by atoms with Crippen molar-refractivity contribution in [2.24, 2.45) is 11.7 Å². The SMILES string of the molecule is NC(=O)C1CCCCN1CC(=O)NC(c1ccccc1)C1CCCC1. The molecular formula is C20H29N3O2. The lowest BCUT2D eigenvalue weighted by molar-refractivity contribution is -0.128. The second-order valence-corrected chi connectivity index (χ2v) is 7.38. The summed E-state index contributed by atoms with van der Waals surface area (Å²) < 4.78 is 0. The van der Waals surface area contributed by atoms with Crippen molar-refractivity contribution in [1.29, 1.82) is 0 Å². The Morgan fingerprint density at radius 2 is 1.76 bits per heavy atom. The number of benzene rings is 1. The highest BCUT2D eigenvalue weighted by molar-refractivity contribution is 5.82. The van der Waals surface area contributed by atoms with Crippen molar-refractivity contribution in [2.45, 2.75) is 57.0 Å². The van der Waals surface area contributed by atoms with Gasteiger partial charge in [-0.1, -0.05) is 49.6 Å². The lowest BCUT2D eigenvalue weighted by Gasteiger charge is -2.34. The number of piperidine rings is 1. The van der Waals surface area contributed by atoms with Crippen LogP contribution < -0.4 is 11.1 Å². The van der Waals surface area contributed by atoms with E-state index in [2.05, 4.69) is 17.4 Å². The Morgan fingerprint density at radius 3 is 2.44 bits per heavy atom. The Kier molecular flexibility index (Phi) is 6.08. The van der Waals surface area contributed by atoms with Crippen LogP contribution in [0.1, 0.15) is 56.6 Å². The Bertz CT molecular complexity index is 584. The maximum atomic E-state index is 12.7. The van der Waals surface area contributed by atoms with Gasteiger partial charge in [-0.25, -0.2) is 0 Å². The summed E-state index contributed by atoms with van der Waals surface area (Å²) in [6, 6.07) is 10.00. The molecule has 1 aliphatic carbocycles. The molecule has 136 valence electrons. The van der Waals surface area contributed by atoms with Crippen molar-refractivity contribution in [1.82, 2.24) is 10.2 Å². The smallest absolute Gasteiger partial charge is 0.234 e. The molecular weight excluding hydrogens is 314 g/mol. The van der Waals surface area contributed by atoms with E-state index < -0.39 is 0 Å². The third kappa shape index (κ3) is 4.60. The van der Waals surface area contributed by atoms with Gasteiger partial charge in [0.25, 0.3) is 0 Å². The number of nitrogens with one attached hydrogen (secondary N) is 1. The van der Waals surface area contributed by atoms with Crippen LogP contribution >= 0.6 is 0 Å². The van der Waals surface area contributed by atoms with Crippen LogP contribution in [0, 0.1) is 5.92 Å². The largest absolute Gasteiger partial charge is 0.368 e. The maximum Gasteiger partial charge on any atom is 0.234 e. The summed E-state index contributed by atoms with van der Waals surface area (Å²) in [5.41, 5.74) is 6.69. The molecule has 1 saturated heterocycles. The first-order valence-electron chi connectivity index (χ1n) is 9.53. The third-order valence-electron chi connectivity index (χ3n) is 5.64. The van der Waals surface area contributed by atoms with Gasteiger partial charge in [-0.15, -0.1) is 0 Å². The van der Waals surface area contributed by atoms with Crippen molar-refractivity contribution in [3.63, 3.8) is 0 Å².